The first-order valence-corrected chi connectivity index (χ1v) is 5.14. The molecule has 2 atom stereocenters. The maximum atomic E-state index is 9.09. The first kappa shape index (κ1) is 11.0. The van der Waals surface area contributed by atoms with Crippen molar-refractivity contribution in [3.63, 3.8) is 0 Å². The van der Waals surface area contributed by atoms with Crippen molar-refractivity contribution in [2.24, 2.45) is 5.92 Å². The Hall–Kier alpha value is -0.120. The molecule has 0 saturated carbocycles. The van der Waals surface area contributed by atoms with Gasteiger partial charge < -0.3 is 10.0 Å². The molecule has 1 fully saturated rings. The summed E-state index contributed by atoms with van der Waals surface area (Å²) in [5, 5.41) is 9.09. The van der Waals surface area contributed by atoms with Crippen molar-refractivity contribution >= 4 is 0 Å². The SMILES string of the molecule is CC1C(CO)CCN1CCN(C)C. The molecule has 0 spiro atoms. The van der Waals surface area contributed by atoms with Gasteiger partial charge in [0, 0.05) is 25.7 Å². The molecule has 0 amide bonds. The van der Waals surface area contributed by atoms with Crippen molar-refractivity contribution in [1.82, 2.24) is 9.80 Å². The van der Waals surface area contributed by atoms with Crippen molar-refractivity contribution in [3.8, 4) is 0 Å². The van der Waals surface area contributed by atoms with E-state index in [9.17, 15) is 0 Å². The van der Waals surface area contributed by atoms with E-state index in [0.717, 1.165) is 26.1 Å². The van der Waals surface area contributed by atoms with Crippen molar-refractivity contribution in [3.05, 3.63) is 0 Å². The van der Waals surface area contributed by atoms with Crippen LogP contribution in [0.15, 0.2) is 0 Å². The normalized spacial score (nSPS) is 30.2. The molecule has 1 heterocycles. The van der Waals surface area contributed by atoms with Gasteiger partial charge in [-0.05, 0) is 39.9 Å². The highest BCUT2D eigenvalue weighted by atomic mass is 16.3. The molecule has 0 aromatic rings. The lowest BCUT2D eigenvalue weighted by Gasteiger charge is -2.25. The largest absolute Gasteiger partial charge is 0.396 e. The van der Waals surface area contributed by atoms with Gasteiger partial charge in [0.1, 0.15) is 0 Å². The van der Waals surface area contributed by atoms with Crippen LogP contribution in [-0.2, 0) is 0 Å². The van der Waals surface area contributed by atoms with Gasteiger partial charge in [0.15, 0.2) is 0 Å². The first-order chi connectivity index (χ1) is 6.15. The maximum absolute atomic E-state index is 9.09. The summed E-state index contributed by atoms with van der Waals surface area (Å²) in [7, 11) is 4.20. The third kappa shape index (κ3) is 2.93. The third-order valence-electron chi connectivity index (χ3n) is 3.11. The van der Waals surface area contributed by atoms with E-state index in [1.54, 1.807) is 0 Å². The van der Waals surface area contributed by atoms with E-state index in [0.29, 0.717) is 18.6 Å². The summed E-state index contributed by atoms with van der Waals surface area (Å²) in [6, 6.07) is 0.560. The molecule has 0 aromatic carbocycles. The number of hydrogen-bond acceptors (Lipinski definition) is 3. The molecule has 0 aliphatic carbocycles. The van der Waals surface area contributed by atoms with Crippen LogP contribution in [0.4, 0.5) is 0 Å². The van der Waals surface area contributed by atoms with Crippen LogP contribution >= 0.6 is 0 Å². The van der Waals surface area contributed by atoms with E-state index in [-0.39, 0.29) is 0 Å². The molecule has 3 heteroatoms. The Bertz CT molecular complexity index is 150. The van der Waals surface area contributed by atoms with Crippen LogP contribution < -0.4 is 0 Å². The molecule has 1 rings (SSSR count). The van der Waals surface area contributed by atoms with Gasteiger partial charge in [-0.1, -0.05) is 0 Å². The van der Waals surface area contributed by atoms with Crippen LogP contribution in [0.25, 0.3) is 0 Å². The highest BCUT2D eigenvalue weighted by Gasteiger charge is 2.29. The van der Waals surface area contributed by atoms with Gasteiger partial charge in [0.05, 0.1) is 0 Å². The summed E-state index contributed by atoms with van der Waals surface area (Å²) in [5.74, 6) is 0.502. The third-order valence-corrected chi connectivity index (χ3v) is 3.11. The van der Waals surface area contributed by atoms with Crippen LogP contribution in [0.1, 0.15) is 13.3 Å². The second-order valence-electron chi connectivity index (χ2n) is 4.31. The predicted molar refractivity (Wildman–Crippen MR) is 54.8 cm³/mol. The zero-order valence-corrected chi connectivity index (χ0v) is 9.03. The minimum atomic E-state index is 0.347. The van der Waals surface area contributed by atoms with Gasteiger partial charge in [-0.2, -0.15) is 0 Å². The van der Waals surface area contributed by atoms with E-state index in [1.165, 1.54) is 0 Å². The fourth-order valence-electron chi connectivity index (χ4n) is 1.96. The van der Waals surface area contributed by atoms with Crippen LogP contribution in [0.3, 0.4) is 0 Å². The van der Waals surface area contributed by atoms with Gasteiger partial charge in [-0.25, -0.2) is 0 Å². The Labute approximate surface area is 81.3 Å². The molecular formula is C10H22N2O. The summed E-state index contributed by atoms with van der Waals surface area (Å²) in [6.45, 7) is 5.97. The molecule has 2 unspecified atom stereocenters. The molecule has 0 radical (unpaired) electrons. The minimum absolute atomic E-state index is 0.347. The van der Waals surface area contributed by atoms with E-state index in [4.69, 9.17) is 5.11 Å². The smallest absolute Gasteiger partial charge is 0.0474 e. The summed E-state index contributed by atoms with van der Waals surface area (Å²) in [4.78, 5) is 4.68. The van der Waals surface area contributed by atoms with E-state index >= 15 is 0 Å². The van der Waals surface area contributed by atoms with Crippen LogP contribution in [-0.4, -0.2) is 61.3 Å². The van der Waals surface area contributed by atoms with Crippen LogP contribution in [0.5, 0.6) is 0 Å². The van der Waals surface area contributed by atoms with E-state index < -0.39 is 0 Å². The number of aliphatic hydroxyl groups excluding tert-OH is 1. The molecular weight excluding hydrogens is 164 g/mol. The monoisotopic (exact) mass is 186 g/mol. The van der Waals surface area contributed by atoms with E-state index in [1.807, 2.05) is 0 Å². The summed E-state index contributed by atoms with van der Waals surface area (Å²) >= 11 is 0. The quantitative estimate of drug-likeness (QED) is 0.682. The highest BCUT2D eigenvalue weighted by molar-refractivity contribution is 4.83. The zero-order valence-electron chi connectivity index (χ0n) is 9.03. The van der Waals surface area contributed by atoms with Gasteiger partial charge in [0.2, 0.25) is 0 Å². The van der Waals surface area contributed by atoms with Gasteiger partial charge in [-0.15, -0.1) is 0 Å². The Morgan fingerprint density at radius 1 is 1.46 bits per heavy atom. The Kier molecular flexibility index (Phi) is 4.16. The lowest BCUT2D eigenvalue weighted by molar-refractivity contribution is 0.169. The van der Waals surface area contributed by atoms with Crippen molar-refractivity contribution in [2.45, 2.75) is 19.4 Å². The molecule has 13 heavy (non-hydrogen) atoms. The standard InChI is InChI=1S/C10H22N2O/c1-9-10(8-13)4-5-12(9)7-6-11(2)3/h9-10,13H,4-8H2,1-3H3. The van der Waals surface area contributed by atoms with Gasteiger partial charge in [0.25, 0.3) is 0 Å². The molecule has 0 bridgehead atoms. The van der Waals surface area contributed by atoms with E-state index in [2.05, 4.69) is 30.8 Å². The molecule has 1 aliphatic rings. The average molecular weight is 186 g/mol. The fourth-order valence-corrected chi connectivity index (χ4v) is 1.96. The molecule has 0 aromatic heterocycles. The summed E-state index contributed by atoms with van der Waals surface area (Å²) in [5.41, 5.74) is 0. The molecule has 1 saturated heterocycles. The topological polar surface area (TPSA) is 26.7 Å². The van der Waals surface area contributed by atoms with Crippen molar-refractivity contribution in [2.75, 3.05) is 40.3 Å². The second-order valence-corrected chi connectivity index (χ2v) is 4.31. The number of likely N-dealkylation sites (tertiary alicyclic amines) is 1. The lowest BCUT2D eigenvalue weighted by atomic mass is 10.0. The van der Waals surface area contributed by atoms with Crippen LogP contribution in [0.2, 0.25) is 0 Å². The van der Waals surface area contributed by atoms with Gasteiger partial charge in [-0.3, -0.25) is 4.90 Å². The second kappa shape index (κ2) is 4.94. The molecule has 78 valence electrons. The maximum Gasteiger partial charge on any atom is 0.0474 e. The number of hydrogen-bond donors (Lipinski definition) is 1. The minimum Gasteiger partial charge on any atom is -0.396 e. The number of likely N-dealkylation sites (N-methyl/N-ethyl adjacent to an activating group) is 1. The molecule has 1 aliphatic heterocycles. The zero-order chi connectivity index (χ0) is 9.84. The Morgan fingerprint density at radius 3 is 2.62 bits per heavy atom. The summed E-state index contributed by atoms with van der Waals surface area (Å²) in [6.07, 6.45) is 1.16. The Morgan fingerprint density at radius 2 is 2.15 bits per heavy atom. The molecule has 1 N–H and O–H groups in total. The lowest BCUT2D eigenvalue weighted by Crippen LogP contribution is -2.36. The average Bonchev–Trinajstić information content (AvgIpc) is 2.43. The molecule has 3 nitrogen and oxygen atoms in total. The van der Waals surface area contributed by atoms with Crippen LogP contribution in [0, 0.1) is 5.92 Å². The Balaban J connectivity index is 2.28. The van der Waals surface area contributed by atoms with Crippen molar-refractivity contribution < 1.29 is 5.11 Å². The highest BCUT2D eigenvalue weighted by Crippen LogP contribution is 2.22. The number of nitrogens with zero attached hydrogens (tertiary/aromatic N) is 2. The number of aliphatic hydroxyl groups is 1. The van der Waals surface area contributed by atoms with Crippen molar-refractivity contribution in [1.29, 1.82) is 0 Å². The summed E-state index contributed by atoms with van der Waals surface area (Å²) < 4.78 is 0. The fraction of sp³-hybridized carbons (Fsp3) is 1.00. The van der Waals surface area contributed by atoms with Gasteiger partial charge >= 0.3 is 0 Å². The first-order valence-electron chi connectivity index (χ1n) is 5.14. The predicted octanol–water partition coefficient (Wildman–Crippen LogP) is 0.251. The number of rotatable bonds is 4.